The van der Waals surface area contributed by atoms with E-state index in [1.54, 1.807) is 0 Å². The average Bonchev–Trinajstić information content (AvgIpc) is 3.00. The van der Waals surface area contributed by atoms with Crippen LogP contribution in [-0.2, 0) is 32.2 Å². The minimum Gasteiger partial charge on any atom is -0.396 e. The van der Waals surface area contributed by atoms with Gasteiger partial charge in [0.15, 0.2) is 5.79 Å². The summed E-state index contributed by atoms with van der Waals surface area (Å²) in [7, 11) is 0. The third-order valence-electron chi connectivity index (χ3n) is 5.96. The summed E-state index contributed by atoms with van der Waals surface area (Å²) in [6, 6.07) is 20.2. The zero-order valence-corrected chi connectivity index (χ0v) is 17.8. The molecule has 0 amide bonds. The number of fused-ring (bicyclic) bond motifs is 1. The minimum absolute atomic E-state index is 0.0320. The minimum atomic E-state index is -0.653. The first kappa shape index (κ1) is 21.5. The molecule has 5 atom stereocenters. The van der Waals surface area contributed by atoms with E-state index < -0.39 is 5.79 Å². The van der Waals surface area contributed by atoms with Crippen LogP contribution in [0, 0.1) is 5.92 Å². The molecule has 1 saturated heterocycles. The fraction of sp³-hybridized carbons (Fsp3) is 0.520. The molecule has 2 fully saturated rings. The van der Waals surface area contributed by atoms with Crippen LogP contribution in [0.2, 0.25) is 0 Å². The summed E-state index contributed by atoms with van der Waals surface area (Å²) in [6.45, 7) is 4.86. The maximum atomic E-state index is 10.1. The molecule has 30 heavy (non-hydrogen) atoms. The van der Waals surface area contributed by atoms with Gasteiger partial charge in [0, 0.05) is 12.5 Å². The second kappa shape index (κ2) is 9.58. The van der Waals surface area contributed by atoms with Crippen molar-refractivity contribution >= 4 is 0 Å². The van der Waals surface area contributed by atoms with Crippen molar-refractivity contribution < 1.29 is 24.1 Å². The largest absolute Gasteiger partial charge is 0.396 e. The molecule has 1 aliphatic heterocycles. The van der Waals surface area contributed by atoms with Crippen molar-refractivity contribution in [2.75, 3.05) is 6.61 Å². The molecule has 0 bridgehead atoms. The number of ether oxygens (including phenoxy) is 4. The summed E-state index contributed by atoms with van der Waals surface area (Å²) < 4.78 is 25.3. The molecular formula is C25H32O5. The van der Waals surface area contributed by atoms with Crippen LogP contribution in [0.5, 0.6) is 0 Å². The van der Waals surface area contributed by atoms with Crippen LogP contribution >= 0.6 is 0 Å². The molecule has 0 spiro atoms. The number of aliphatic hydroxyl groups is 1. The van der Waals surface area contributed by atoms with Crippen LogP contribution in [-0.4, -0.2) is 41.9 Å². The molecule has 0 unspecified atom stereocenters. The topological polar surface area (TPSA) is 57.2 Å². The van der Waals surface area contributed by atoms with Gasteiger partial charge in [-0.2, -0.15) is 0 Å². The second-order valence-electron chi connectivity index (χ2n) is 8.68. The Hall–Kier alpha value is -1.76. The third kappa shape index (κ3) is 5.10. The van der Waals surface area contributed by atoms with Crippen LogP contribution in [0.1, 0.15) is 37.8 Å². The molecule has 1 heterocycles. The molecule has 162 valence electrons. The maximum Gasteiger partial charge on any atom is 0.163 e. The molecule has 2 aromatic carbocycles. The summed E-state index contributed by atoms with van der Waals surface area (Å²) in [5, 5.41) is 10.1. The van der Waals surface area contributed by atoms with Crippen LogP contribution in [0.4, 0.5) is 0 Å². The highest BCUT2D eigenvalue weighted by molar-refractivity contribution is 5.14. The summed E-state index contributed by atoms with van der Waals surface area (Å²) >= 11 is 0. The SMILES string of the molecule is CC1(C)O[C@H]2[C@@H](OCc3ccccc3)[C@H](OCc3ccccc3)[C@@H](CO)CC[C@H]2O1. The van der Waals surface area contributed by atoms with Gasteiger partial charge < -0.3 is 24.1 Å². The lowest BCUT2D eigenvalue weighted by atomic mass is 9.95. The van der Waals surface area contributed by atoms with Gasteiger partial charge in [0.1, 0.15) is 12.2 Å². The number of rotatable bonds is 7. The fourth-order valence-corrected chi connectivity index (χ4v) is 4.51. The number of aliphatic hydroxyl groups excluding tert-OH is 1. The van der Waals surface area contributed by atoms with Gasteiger partial charge in [-0.05, 0) is 37.8 Å². The Labute approximate surface area is 178 Å². The molecule has 1 N–H and O–H groups in total. The van der Waals surface area contributed by atoms with E-state index in [0.717, 1.165) is 24.0 Å². The van der Waals surface area contributed by atoms with Gasteiger partial charge in [0.25, 0.3) is 0 Å². The predicted molar refractivity (Wildman–Crippen MR) is 114 cm³/mol. The van der Waals surface area contributed by atoms with Crippen LogP contribution in [0.25, 0.3) is 0 Å². The van der Waals surface area contributed by atoms with E-state index in [1.165, 1.54) is 0 Å². The Morgan fingerprint density at radius 1 is 0.833 bits per heavy atom. The average molecular weight is 413 g/mol. The van der Waals surface area contributed by atoms with Crippen molar-refractivity contribution in [3.05, 3.63) is 71.8 Å². The van der Waals surface area contributed by atoms with Gasteiger partial charge in [0.2, 0.25) is 0 Å². The van der Waals surface area contributed by atoms with Crippen molar-refractivity contribution in [2.45, 2.75) is 70.1 Å². The molecule has 0 aromatic heterocycles. The van der Waals surface area contributed by atoms with Gasteiger partial charge in [-0.1, -0.05) is 60.7 Å². The number of hydrogen-bond donors (Lipinski definition) is 1. The zero-order valence-electron chi connectivity index (χ0n) is 17.8. The van der Waals surface area contributed by atoms with E-state index >= 15 is 0 Å². The van der Waals surface area contributed by atoms with E-state index in [2.05, 4.69) is 0 Å². The van der Waals surface area contributed by atoms with Crippen molar-refractivity contribution in [3.63, 3.8) is 0 Å². The Morgan fingerprint density at radius 3 is 1.97 bits per heavy atom. The van der Waals surface area contributed by atoms with E-state index in [9.17, 15) is 5.11 Å². The second-order valence-corrected chi connectivity index (χ2v) is 8.68. The summed E-state index contributed by atoms with van der Waals surface area (Å²) in [6.07, 6.45) is 0.699. The fourth-order valence-electron chi connectivity index (χ4n) is 4.51. The monoisotopic (exact) mass is 412 g/mol. The molecule has 1 saturated carbocycles. The van der Waals surface area contributed by atoms with Crippen LogP contribution < -0.4 is 0 Å². The molecule has 2 aromatic rings. The highest BCUT2D eigenvalue weighted by atomic mass is 16.8. The zero-order chi connectivity index (χ0) is 21.0. The van der Waals surface area contributed by atoms with E-state index in [0.29, 0.717) is 13.2 Å². The molecular weight excluding hydrogens is 380 g/mol. The third-order valence-corrected chi connectivity index (χ3v) is 5.96. The Balaban J connectivity index is 1.57. The first-order valence-electron chi connectivity index (χ1n) is 10.8. The van der Waals surface area contributed by atoms with Crippen molar-refractivity contribution in [2.24, 2.45) is 5.92 Å². The van der Waals surface area contributed by atoms with Crippen molar-refractivity contribution in [3.8, 4) is 0 Å². The Bertz CT molecular complexity index is 779. The summed E-state index contributed by atoms with van der Waals surface area (Å²) in [5.41, 5.74) is 2.19. The molecule has 1 aliphatic carbocycles. The molecule has 5 nitrogen and oxygen atoms in total. The lowest BCUT2D eigenvalue weighted by Crippen LogP contribution is -2.47. The Morgan fingerprint density at radius 2 is 1.40 bits per heavy atom. The maximum absolute atomic E-state index is 10.1. The predicted octanol–water partition coefficient (Wildman–Crippen LogP) is 4.08. The number of hydrogen-bond acceptors (Lipinski definition) is 5. The standard InChI is InChI=1S/C25H32O5/c1-25(2)29-21-14-13-20(15-26)22(27-16-18-9-5-3-6-10-18)24(23(21)30-25)28-17-19-11-7-4-8-12-19/h3-12,20-24,26H,13-17H2,1-2H3/t20-,21-,22-,23-,24+/m1/s1. The number of benzene rings is 2. The van der Waals surface area contributed by atoms with Crippen LogP contribution in [0.15, 0.2) is 60.7 Å². The van der Waals surface area contributed by atoms with Gasteiger partial charge in [-0.3, -0.25) is 0 Å². The smallest absolute Gasteiger partial charge is 0.163 e. The van der Waals surface area contributed by atoms with E-state index in [1.807, 2.05) is 74.5 Å². The van der Waals surface area contributed by atoms with E-state index in [4.69, 9.17) is 18.9 Å². The van der Waals surface area contributed by atoms with Crippen molar-refractivity contribution in [1.29, 1.82) is 0 Å². The lowest BCUT2D eigenvalue weighted by Gasteiger charge is -2.34. The normalized spacial score (nSPS) is 30.6. The van der Waals surface area contributed by atoms with E-state index in [-0.39, 0.29) is 36.9 Å². The van der Waals surface area contributed by atoms with Crippen LogP contribution in [0.3, 0.4) is 0 Å². The summed E-state index contributed by atoms with van der Waals surface area (Å²) in [5.74, 6) is -0.685. The van der Waals surface area contributed by atoms with Gasteiger partial charge in [-0.25, -0.2) is 0 Å². The Kier molecular flexibility index (Phi) is 6.86. The summed E-state index contributed by atoms with van der Waals surface area (Å²) in [4.78, 5) is 0. The van der Waals surface area contributed by atoms with Gasteiger partial charge in [0.05, 0.1) is 25.4 Å². The van der Waals surface area contributed by atoms with Gasteiger partial charge >= 0.3 is 0 Å². The molecule has 0 radical (unpaired) electrons. The quantitative estimate of drug-likeness (QED) is 0.743. The highest BCUT2D eigenvalue weighted by Crippen LogP contribution is 2.40. The first-order chi connectivity index (χ1) is 14.6. The lowest BCUT2D eigenvalue weighted by molar-refractivity contribution is -0.190. The first-order valence-corrected chi connectivity index (χ1v) is 10.8. The van der Waals surface area contributed by atoms with Crippen molar-refractivity contribution in [1.82, 2.24) is 0 Å². The van der Waals surface area contributed by atoms with Gasteiger partial charge in [-0.15, -0.1) is 0 Å². The molecule has 5 heteroatoms. The highest BCUT2D eigenvalue weighted by Gasteiger charge is 2.51. The molecule has 4 rings (SSSR count). The molecule has 2 aliphatic rings.